The Morgan fingerprint density at radius 2 is 1.83 bits per heavy atom. The summed E-state index contributed by atoms with van der Waals surface area (Å²) in [5.74, 6) is 1.59. The SMILES string of the molecule is CCCOc1ccccc1-c1cccc2c1[C@@H]1CCNCCC1N2. The molecule has 24 heavy (non-hydrogen) atoms. The number of anilines is 1. The van der Waals surface area contributed by atoms with Gasteiger partial charge in [0.15, 0.2) is 0 Å². The molecule has 1 fully saturated rings. The molecule has 0 bridgehead atoms. The molecule has 2 aliphatic rings. The van der Waals surface area contributed by atoms with Crippen LogP contribution >= 0.6 is 0 Å². The van der Waals surface area contributed by atoms with Crippen molar-refractivity contribution in [1.82, 2.24) is 5.32 Å². The molecule has 4 rings (SSSR count). The maximum Gasteiger partial charge on any atom is 0.127 e. The molecule has 2 aromatic carbocycles. The zero-order chi connectivity index (χ0) is 16.4. The first kappa shape index (κ1) is 15.5. The molecule has 2 aliphatic heterocycles. The van der Waals surface area contributed by atoms with Crippen molar-refractivity contribution in [3.05, 3.63) is 48.0 Å². The Kier molecular flexibility index (Phi) is 4.44. The van der Waals surface area contributed by atoms with E-state index in [9.17, 15) is 0 Å². The van der Waals surface area contributed by atoms with Crippen molar-refractivity contribution in [2.24, 2.45) is 0 Å². The second kappa shape index (κ2) is 6.86. The van der Waals surface area contributed by atoms with E-state index >= 15 is 0 Å². The summed E-state index contributed by atoms with van der Waals surface area (Å²) in [7, 11) is 0. The summed E-state index contributed by atoms with van der Waals surface area (Å²) in [5, 5.41) is 7.31. The summed E-state index contributed by atoms with van der Waals surface area (Å²) in [6, 6.07) is 15.7. The number of fused-ring (bicyclic) bond motifs is 3. The Hall–Kier alpha value is -2.00. The van der Waals surface area contributed by atoms with Crippen molar-refractivity contribution < 1.29 is 4.74 Å². The van der Waals surface area contributed by atoms with E-state index in [1.54, 1.807) is 0 Å². The molecule has 2 heterocycles. The molecule has 0 aromatic heterocycles. The molecule has 2 aromatic rings. The lowest BCUT2D eigenvalue weighted by Gasteiger charge is -2.19. The molecule has 2 atom stereocenters. The maximum absolute atomic E-state index is 6.03. The highest BCUT2D eigenvalue weighted by Crippen LogP contribution is 2.46. The van der Waals surface area contributed by atoms with Gasteiger partial charge in [0.1, 0.15) is 5.75 Å². The van der Waals surface area contributed by atoms with Crippen molar-refractivity contribution >= 4 is 5.69 Å². The molecule has 0 spiro atoms. The van der Waals surface area contributed by atoms with Crippen molar-refractivity contribution in [2.75, 3.05) is 25.0 Å². The minimum absolute atomic E-state index is 0.555. The summed E-state index contributed by atoms with van der Waals surface area (Å²) < 4.78 is 6.03. The van der Waals surface area contributed by atoms with Crippen LogP contribution in [0.5, 0.6) is 5.75 Å². The fourth-order valence-corrected chi connectivity index (χ4v) is 4.11. The first-order chi connectivity index (χ1) is 11.9. The highest BCUT2D eigenvalue weighted by Gasteiger charge is 2.35. The maximum atomic E-state index is 6.03. The average Bonchev–Trinajstić information content (AvgIpc) is 2.82. The lowest BCUT2D eigenvalue weighted by atomic mass is 9.85. The van der Waals surface area contributed by atoms with Crippen LogP contribution in [0.4, 0.5) is 5.69 Å². The van der Waals surface area contributed by atoms with E-state index in [-0.39, 0.29) is 0 Å². The molecule has 126 valence electrons. The van der Waals surface area contributed by atoms with Crippen LogP contribution < -0.4 is 15.4 Å². The third-order valence-electron chi connectivity index (χ3n) is 5.21. The van der Waals surface area contributed by atoms with E-state index in [0.717, 1.165) is 31.9 Å². The predicted octanol–water partition coefficient (Wildman–Crippen LogP) is 4.40. The highest BCUT2D eigenvalue weighted by molar-refractivity contribution is 5.81. The van der Waals surface area contributed by atoms with Gasteiger partial charge in [-0.15, -0.1) is 0 Å². The number of nitrogens with one attached hydrogen (secondary N) is 2. The van der Waals surface area contributed by atoms with Crippen LogP contribution in [0.3, 0.4) is 0 Å². The Bertz CT molecular complexity index is 713. The standard InChI is InChI=1S/C21H26N2O/c1-2-14-24-20-9-4-3-6-15(20)16-7-5-8-19-21(16)17-10-12-22-13-11-18(17)23-19/h3-9,17-18,22-23H,2,10-14H2,1H3/t17-,18?/m1/s1. The molecule has 0 aliphatic carbocycles. The van der Waals surface area contributed by atoms with Gasteiger partial charge in [0.25, 0.3) is 0 Å². The van der Waals surface area contributed by atoms with Gasteiger partial charge in [0.2, 0.25) is 0 Å². The van der Waals surface area contributed by atoms with Gasteiger partial charge in [-0.1, -0.05) is 37.3 Å². The first-order valence-electron chi connectivity index (χ1n) is 9.21. The lowest BCUT2D eigenvalue weighted by Crippen LogP contribution is -2.21. The van der Waals surface area contributed by atoms with E-state index in [1.165, 1.54) is 35.2 Å². The van der Waals surface area contributed by atoms with Gasteiger partial charge in [-0.25, -0.2) is 0 Å². The van der Waals surface area contributed by atoms with Crippen molar-refractivity contribution in [3.8, 4) is 16.9 Å². The lowest BCUT2D eigenvalue weighted by molar-refractivity contribution is 0.318. The third-order valence-corrected chi connectivity index (χ3v) is 5.21. The van der Waals surface area contributed by atoms with Crippen LogP contribution in [0.1, 0.15) is 37.7 Å². The van der Waals surface area contributed by atoms with Gasteiger partial charge in [-0.2, -0.15) is 0 Å². The number of hydrogen-bond acceptors (Lipinski definition) is 3. The number of para-hydroxylation sites is 1. The fraction of sp³-hybridized carbons (Fsp3) is 0.429. The normalized spacial score (nSPS) is 22.2. The van der Waals surface area contributed by atoms with Gasteiger partial charge >= 0.3 is 0 Å². The van der Waals surface area contributed by atoms with Crippen LogP contribution in [0.2, 0.25) is 0 Å². The minimum atomic E-state index is 0.555. The van der Waals surface area contributed by atoms with Gasteiger partial charge in [0.05, 0.1) is 6.61 Å². The van der Waals surface area contributed by atoms with Gasteiger partial charge in [-0.3, -0.25) is 0 Å². The number of benzene rings is 2. The number of rotatable bonds is 4. The zero-order valence-electron chi connectivity index (χ0n) is 14.3. The van der Waals surface area contributed by atoms with Gasteiger partial charge in [-0.05, 0) is 55.6 Å². The fourth-order valence-electron chi connectivity index (χ4n) is 4.11. The second-order valence-corrected chi connectivity index (χ2v) is 6.80. The Balaban J connectivity index is 1.78. The molecule has 0 saturated carbocycles. The van der Waals surface area contributed by atoms with E-state index in [0.29, 0.717) is 12.0 Å². The average molecular weight is 322 g/mol. The molecule has 0 radical (unpaired) electrons. The Morgan fingerprint density at radius 3 is 2.75 bits per heavy atom. The van der Waals surface area contributed by atoms with Gasteiger partial charge in [0, 0.05) is 23.2 Å². The van der Waals surface area contributed by atoms with E-state index in [1.807, 2.05) is 0 Å². The van der Waals surface area contributed by atoms with E-state index in [4.69, 9.17) is 4.74 Å². The minimum Gasteiger partial charge on any atom is -0.493 e. The zero-order valence-corrected chi connectivity index (χ0v) is 14.3. The van der Waals surface area contributed by atoms with Crippen LogP contribution in [0.25, 0.3) is 11.1 Å². The molecule has 3 heteroatoms. The summed E-state index contributed by atoms with van der Waals surface area (Å²) in [6.07, 6.45) is 3.41. The molecular formula is C21H26N2O. The van der Waals surface area contributed by atoms with Crippen LogP contribution in [-0.2, 0) is 0 Å². The van der Waals surface area contributed by atoms with Crippen molar-refractivity contribution in [1.29, 1.82) is 0 Å². The smallest absolute Gasteiger partial charge is 0.127 e. The van der Waals surface area contributed by atoms with E-state index in [2.05, 4.69) is 60.0 Å². The second-order valence-electron chi connectivity index (χ2n) is 6.80. The molecule has 2 N–H and O–H groups in total. The number of hydrogen-bond donors (Lipinski definition) is 2. The Labute approximate surface area is 144 Å². The molecular weight excluding hydrogens is 296 g/mol. The quantitative estimate of drug-likeness (QED) is 0.875. The summed E-state index contributed by atoms with van der Waals surface area (Å²) in [6.45, 7) is 5.12. The predicted molar refractivity (Wildman–Crippen MR) is 99.9 cm³/mol. The number of ether oxygens (including phenoxy) is 1. The van der Waals surface area contributed by atoms with Crippen LogP contribution in [0.15, 0.2) is 42.5 Å². The molecule has 1 unspecified atom stereocenters. The largest absolute Gasteiger partial charge is 0.493 e. The molecule has 1 saturated heterocycles. The first-order valence-corrected chi connectivity index (χ1v) is 9.21. The topological polar surface area (TPSA) is 33.3 Å². The van der Waals surface area contributed by atoms with Crippen molar-refractivity contribution in [2.45, 2.75) is 38.1 Å². The highest BCUT2D eigenvalue weighted by atomic mass is 16.5. The Morgan fingerprint density at radius 1 is 1.00 bits per heavy atom. The van der Waals surface area contributed by atoms with Gasteiger partial charge < -0.3 is 15.4 Å². The van der Waals surface area contributed by atoms with Crippen LogP contribution in [-0.4, -0.2) is 25.7 Å². The third kappa shape index (κ3) is 2.78. The van der Waals surface area contributed by atoms with Crippen LogP contribution in [0, 0.1) is 0 Å². The monoisotopic (exact) mass is 322 g/mol. The molecule has 3 nitrogen and oxygen atoms in total. The summed E-state index contributed by atoms with van der Waals surface area (Å²) in [4.78, 5) is 0. The summed E-state index contributed by atoms with van der Waals surface area (Å²) in [5.41, 5.74) is 5.36. The van der Waals surface area contributed by atoms with Crippen molar-refractivity contribution in [3.63, 3.8) is 0 Å². The molecule has 0 amide bonds. The summed E-state index contributed by atoms with van der Waals surface area (Å²) >= 11 is 0. The van der Waals surface area contributed by atoms with E-state index < -0.39 is 0 Å².